The average molecular weight is 206 g/mol. The molecule has 1 aromatic rings. The van der Waals surface area contributed by atoms with Crippen LogP contribution < -0.4 is 9.47 Å². The van der Waals surface area contributed by atoms with Crippen molar-refractivity contribution in [1.82, 2.24) is 0 Å². The number of rotatable bonds is 2. The SMILES string of the molecule is COc1cc(C#N)c(C#N)c(F)c1OC. The Balaban J connectivity index is 3.59. The summed E-state index contributed by atoms with van der Waals surface area (Å²) in [7, 11) is 2.58. The summed E-state index contributed by atoms with van der Waals surface area (Å²) in [6, 6.07) is 4.59. The molecule has 15 heavy (non-hydrogen) atoms. The van der Waals surface area contributed by atoms with Gasteiger partial charge >= 0.3 is 0 Å². The van der Waals surface area contributed by atoms with Crippen molar-refractivity contribution in [3.05, 3.63) is 23.0 Å². The molecule has 0 heterocycles. The highest BCUT2D eigenvalue weighted by Crippen LogP contribution is 2.33. The van der Waals surface area contributed by atoms with E-state index in [9.17, 15) is 4.39 Å². The van der Waals surface area contributed by atoms with Crippen molar-refractivity contribution in [1.29, 1.82) is 10.5 Å². The molecule has 0 N–H and O–H groups in total. The van der Waals surface area contributed by atoms with Crippen molar-refractivity contribution in [3.8, 4) is 23.6 Å². The fourth-order valence-electron chi connectivity index (χ4n) is 1.15. The van der Waals surface area contributed by atoms with Crippen LogP contribution in [0, 0.1) is 28.5 Å². The molecule has 0 aliphatic carbocycles. The highest BCUT2D eigenvalue weighted by atomic mass is 19.1. The highest BCUT2D eigenvalue weighted by molar-refractivity contribution is 5.57. The summed E-state index contributed by atoms with van der Waals surface area (Å²) < 4.78 is 23.2. The number of nitriles is 2. The van der Waals surface area contributed by atoms with Gasteiger partial charge in [-0.15, -0.1) is 0 Å². The van der Waals surface area contributed by atoms with E-state index in [0.29, 0.717) is 0 Å². The van der Waals surface area contributed by atoms with Crippen molar-refractivity contribution >= 4 is 0 Å². The Hall–Kier alpha value is -2.27. The van der Waals surface area contributed by atoms with E-state index in [1.165, 1.54) is 20.3 Å². The molecule has 0 atom stereocenters. The molecular weight excluding hydrogens is 199 g/mol. The third-order valence-electron chi connectivity index (χ3n) is 1.84. The van der Waals surface area contributed by atoms with E-state index in [-0.39, 0.29) is 22.6 Å². The molecule has 0 spiro atoms. The number of benzene rings is 1. The summed E-state index contributed by atoms with van der Waals surface area (Å²) >= 11 is 0. The lowest BCUT2D eigenvalue weighted by molar-refractivity contribution is 0.337. The third kappa shape index (κ3) is 1.68. The molecule has 4 nitrogen and oxygen atoms in total. The van der Waals surface area contributed by atoms with Crippen molar-refractivity contribution in [2.24, 2.45) is 0 Å². The van der Waals surface area contributed by atoms with E-state index in [1.807, 2.05) is 0 Å². The van der Waals surface area contributed by atoms with Crippen LogP contribution in [-0.4, -0.2) is 14.2 Å². The minimum absolute atomic E-state index is 0.0762. The number of methoxy groups -OCH3 is 2. The lowest BCUT2D eigenvalue weighted by Gasteiger charge is -2.09. The summed E-state index contributed by atoms with van der Waals surface area (Å²) in [4.78, 5) is 0. The molecule has 0 bridgehead atoms. The van der Waals surface area contributed by atoms with Crippen LogP contribution in [0.5, 0.6) is 11.5 Å². The van der Waals surface area contributed by atoms with Gasteiger partial charge in [0, 0.05) is 6.07 Å². The van der Waals surface area contributed by atoms with Crippen LogP contribution in [0.4, 0.5) is 4.39 Å². The lowest BCUT2D eigenvalue weighted by atomic mass is 10.1. The number of hydrogen-bond acceptors (Lipinski definition) is 4. The van der Waals surface area contributed by atoms with Gasteiger partial charge in [-0.3, -0.25) is 0 Å². The van der Waals surface area contributed by atoms with E-state index >= 15 is 0 Å². The second-order valence-corrected chi connectivity index (χ2v) is 2.57. The van der Waals surface area contributed by atoms with Crippen LogP contribution in [0.3, 0.4) is 0 Å². The number of hydrogen-bond donors (Lipinski definition) is 0. The molecule has 5 heteroatoms. The minimum Gasteiger partial charge on any atom is -0.493 e. The zero-order valence-corrected chi connectivity index (χ0v) is 8.17. The quantitative estimate of drug-likeness (QED) is 0.736. The fourth-order valence-corrected chi connectivity index (χ4v) is 1.15. The number of ether oxygens (including phenoxy) is 2. The summed E-state index contributed by atoms with van der Waals surface area (Å²) in [5, 5.41) is 17.4. The van der Waals surface area contributed by atoms with Crippen molar-refractivity contribution in [2.75, 3.05) is 14.2 Å². The topological polar surface area (TPSA) is 66.0 Å². The van der Waals surface area contributed by atoms with Gasteiger partial charge in [0.25, 0.3) is 0 Å². The smallest absolute Gasteiger partial charge is 0.198 e. The Bertz CT molecular complexity index is 472. The maximum absolute atomic E-state index is 13.6. The third-order valence-corrected chi connectivity index (χ3v) is 1.84. The molecule has 0 unspecified atom stereocenters. The Morgan fingerprint density at radius 1 is 1.20 bits per heavy atom. The van der Waals surface area contributed by atoms with Crippen molar-refractivity contribution in [3.63, 3.8) is 0 Å². The number of nitrogens with zero attached hydrogens (tertiary/aromatic N) is 2. The standard InChI is InChI=1S/C10H7FN2O2/c1-14-8-3-6(4-12)7(5-13)9(11)10(8)15-2/h3H,1-2H3. The predicted molar refractivity (Wildman–Crippen MR) is 48.9 cm³/mol. The van der Waals surface area contributed by atoms with E-state index in [0.717, 1.165) is 0 Å². The monoisotopic (exact) mass is 206 g/mol. The Morgan fingerprint density at radius 3 is 2.27 bits per heavy atom. The van der Waals surface area contributed by atoms with Crippen LogP contribution in [0.1, 0.15) is 11.1 Å². The van der Waals surface area contributed by atoms with E-state index < -0.39 is 5.82 Å². The summed E-state index contributed by atoms with van der Waals surface area (Å²) in [6.07, 6.45) is 0. The maximum Gasteiger partial charge on any atom is 0.198 e. The molecule has 0 aromatic heterocycles. The van der Waals surface area contributed by atoms with Crippen LogP contribution >= 0.6 is 0 Å². The van der Waals surface area contributed by atoms with Crippen LogP contribution in [0.25, 0.3) is 0 Å². The molecule has 1 aromatic carbocycles. The minimum atomic E-state index is -0.879. The molecule has 1 rings (SSSR count). The summed E-state index contributed by atoms with van der Waals surface area (Å²) in [5.41, 5.74) is -0.414. The van der Waals surface area contributed by atoms with Crippen LogP contribution in [0.15, 0.2) is 6.07 Å². The first kappa shape index (κ1) is 10.8. The molecular formula is C10H7FN2O2. The van der Waals surface area contributed by atoms with Gasteiger partial charge in [0.1, 0.15) is 17.7 Å². The second-order valence-electron chi connectivity index (χ2n) is 2.57. The molecule has 0 amide bonds. The van der Waals surface area contributed by atoms with Crippen LogP contribution in [-0.2, 0) is 0 Å². The van der Waals surface area contributed by atoms with Crippen LogP contribution in [0.2, 0.25) is 0 Å². The van der Waals surface area contributed by atoms with Gasteiger partial charge in [-0.2, -0.15) is 10.5 Å². The molecule has 0 fully saturated rings. The van der Waals surface area contributed by atoms with E-state index in [1.54, 1.807) is 12.1 Å². The van der Waals surface area contributed by atoms with E-state index in [2.05, 4.69) is 0 Å². The molecule has 0 saturated carbocycles. The lowest BCUT2D eigenvalue weighted by Crippen LogP contribution is -1.99. The molecule has 76 valence electrons. The number of halogens is 1. The summed E-state index contributed by atoms with van der Waals surface area (Å²) in [5.74, 6) is -0.963. The second kappa shape index (κ2) is 4.30. The van der Waals surface area contributed by atoms with Gasteiger partial charge in [0.15, 0.2) is 17.3 Å². The zero-order chi connectivity index (χ0) is 11.4. The Labute approximate surface area is 86.1 Å². The summed E-state index contributed by atoms with van der Waals surface area (Å²) in [6.45, 7) is 0. The molecule has 0 aliphatic heterocycles. The fraction of sp³-hybridized carbons (Fsp3) is 0.200. The predicted octanol–water partition coefficient (Wildman–Crippen LogP) is 1.59. The largest absolute Gasteiger partial charge is 0.493 e. The Morgan fingerprint density at radius 2 is 1.87 bits per heavy atom. The van der Waals surface area contributed by atoms with Gasteiger partial charge in [-0.05, 0) is 0 Å². The first-order valence-electron chi connectivity index (χ1n) is 3.94. The zero-order valence-electron chi connectivity index (χ0n) is 8.17. The normalized spacial score (nSPS) is 8.87. The van der Waals surface area contributed by atoms with E-state index in [4.69, 9.17) is 20.0 Å². The first-order chi connectivity index (χ1) is 7.19. The molecule has 0 radical (unpaired) electrons. The Kier molecular flexibility index (Phi) is 3.10. The first-order valence-corrected chi connectivity index (χ1v) is 3.94. The highest BCUT2D eigenvalue weighted by Gasteiger charge is 2.19. The van der Waals surface area contributed by atoms with Gasteiger partial charge in [0.2, 0.25) is 0 Å². The van der Waals surface area contributed by atoms with Crippen molar-refractivity contribution < 1.29 is 13.9 Å². The van der Waals surface area contributed by atoms with Gasteiger partial charge < -0.3 is 9.47 Å². The van der Waals surface area contributed by atoms with Gasteiger partial charge in [-0.25, -0.2) is 4.39 Å². The molecule has 0 aliphatic rings. The van der Waals surface area contributed by atoms with Gasteiger partial charge in [0.05, 0.1) is 19.8 Å². The molecule has 0 saturated heterocycles. The maximum atomic E-state index is 13.6. The van der Waals surface area contributed by atoms with Gasteiger partial charge in [-0.1, -0.05) is 0 Å². The average Bonchev–Trinajstić information content (AvgIpc) is 2.27. The van der Waals surface area contributed by atoms with Crippen molar-refractivity contribution in [2.45, 2.75) is 0 Å².